The summed E-state index contributed by atoms with van der Waals surface area (Å²) in [6, 6.07) is 4.09. The molecule has 1 heterocycles. The number of hydrogen-bond donors (Lipinski definition) is 2. The third-order valence-corrected chi connectivity index (χ3v) is 5.19. The van der Waals surface area contributed by atoms with Crippen molar-refractivity contribution in [2.24, 2.45) is 5.92 Å². The summed E-state index contributed by atoms with van der Waals surface area (Å²) in [5.41, 5.74) is 0. The summed E-state index contributed by atoms with van der Waals surface area (Å²) >= 11 is 1.71. The summed E-state index contributed by atoms with van der Waals surface area (Å²) in [5.74, 6) is 0.227. The minimum absolute atomic E-state index is 0.0251. The molecule has 20 heavy (non-hydrogen) atoms. The Bertz CT molecular complexity index is 460. The van der Waals surface area contributed by atoms with E-state index in [-0.39, 0.29) is 24.1 Å². The predicted molar refractivity (Wildman–Crippen MR) is 82.0 cm³/mol. The van der Waals surface area contributed by atoms with Crippen LogP contribution in [-0.2, 0) is 0 Å². The highest BCUT2D eigenvalue weighted by molar-refractivity contribution is 7.12. The number of aryl methyl sites for hydroxylation is 1. The molecule has 2 N–H and O–H groups in total. The molecule has 0 spiro atoms. The van der Waals surface area contributed by atoms with Crippen LogP contribution < -0.4 is 5.32 Å². The Labute approximate surface area is 124 Å². The van der Waals surface area contributed by atoms with Crippen LogP contribution in [0.5, 0.6) is 0 Å². The Balaban J connectivity index is 1.84. The molecule has 112 valence electrons. The van der Waals surface area contributed by atoms with Crippen LogP contribution in [0.1, 0.15) is 42.0 Å². The molecule has 1 aliphatic rings. The molecule has 2 rings (SSSR count). The van der Waals surface area contributed by atoms with E-state index in [4.69, 9.17) is 0 Å². The van der Waals surface area contributed by atoms with Gasteiger partial charge in [-0.05, 0) is 38.8 Å². The number of aliphatic hydroxyl groups is 1. The molecule has 1 saturated carbocycles. The highest BCUT2D eigenvalue weighted by atomic mass is 32.1. The van der Waals surface area contributed by atoms with Gasteiger partial charge in [0.05, 0.1) is 12.1 Å². The molecule has 1 aliphatic carbocycles. The predicted octanol–water partition coefficient (Wildman–Crippen LogP) is 2.92. The van der Waals surface area contributed by atoms with Gasteiger partial charge in [0.15, 0.2) is 0 Å². The molecule has 2 amide bonds. The van der Waals surface area contributed by atoms with Gasteiger partial charge in [0.2, 0.25) is 0 Å². The van der Waals surface area contributed by atoms with E-state index in [1.165, 1.54) is 9.75 Å². The average molecular weight is 296 g/mol. The van der Waals surface area contributed by atoms with Crippen molar-refractivity contribution < 1.29 is 9.90 Å². The number of amides is 2. The van der Waals surface area contributed by atoms with E-state index in [0.717, 1.165) is 19.3 Å². The zero-order valence-corrected chi connectivity index (χ0v) is 13.2. The third kappa shape index (κ3) is 3.73. The van der Waals surface area contributed by atoms with Crippen molar-refractivity contribution in [3.8, 4) is 0 Å². The van der Waals surface area contributed by atoms with E-state index >= 15 is 0 Å². The van der Waals surface area contributed by atoms with E-state index in [2.05, 4.69) is 24.4 Å². The molecule has 1 aromatic heterocycles. The molecular weight excluding hydrogens is 272 g/mol. The molecular formula is C15H24N2O2S. The number of carbonyl (C=O) groups is 1. The number of nitrogens with zero attached hydrogens (tertiary/aromatic N) is 1. The number of nitrogens with one attached hydrogen (secondary N) is 1. The van der Waals surface area contributed by atoms with Gasteiger partial charge in [-0.25, -0.2) is 4.79 Å². The normalized spacial score (nSPS) is 23.6. The maximum Gasteiger partial charge on any atom is 0.317 e. The minimum atomic E-state index is -0.248. The van der Waals surface area contributed by atoms with E-state index in [1.54, 1.807) is 23.3 Å². The van der Waals surface area contributed by atoms with Crippen molar-refractivity contribution in [2.45, 2.75) is 45.3 Å². The molecule has 3 atom stereocenters. The van der Waals surface area contributed by atoms with Crippen LogP contribution in [0.3, 0.4) is 0 Å². The minimum Gasteiger partial charge on any atom is -0.393 e. The average Bonchev–Trinajstić information content (AvgIpc) is 2.99. The lowest BCUT2D eigenvalue weighted by molar-refractivity contribution is 0.113. The van der Waals surface area contributed by atoms with Gasteiger partial charge in [-0.15, -0.1) is 11.3 Å². The Morgan fingerprint density at radius 3 is 2.85 bits per heavy atom. The summed E-state index contributed by atoms with van der Waals surface area (Å²) in [6.07, 6.45) is 2.69. The van der Waals surface area contributed by atoms with Crippen LogP contribution in [0.4, 0.5) is 4.79 Å². The van der Waals surface area contributed by atoms with Crippen molar-refractivity contribution in [1.29, 1.82) is 0 Å². The standard InChI is InChI=1S/C15H24N2O2S/c1-10-7-8-14(20-10)11(2)16-15(19)17(3)9-12-5-4-6-13(12)18/h7-8,11-13,18H,4-6,9H2,1-3H3,(H,16,19). The summed E-state index contributed by atoms with van der Waals surface area (Å²) in [5, 5.41) is 12.8. The molecule has 5 heteroatoms. The van der Waals surface area contributed by atoms with Crippen molar-refractivity contribution in [3.63, 3.8) is 0 Å². The van der Waals surface area contributed by atoms with Crippen LogP contribution in [0.2, 0.25) is 0 Å². The second kappa shape index (κ2) is 6.59. The zero-order chi connectivity index (χ0) is 14.7. The maximum atomic E-state index is 12.2. The number of aliphatic hydroxyl groups excluding tert-OH is 1. The summed E-state index contributed by atoms with van der Waals surface area (Å²) in [7, 11) is 1.80. The fourth-order valence-corrected chi connectivity index (χ4v) is 3.60. The first-order chi connectivity index (χ1) is 9.47. The largest absolute Gasteiger partial charge is 0.393 e. The number of thiophene rings is 1. The highest BCUT2D eigenvalue weighted by Crippen LogP contribution is 2.26. The first-order valence-corrected chi connectivity index (χ1v) is 8.05. The second-order valence-electron chi connectivity index (χ2n) is 5.76. The fraction of sp³-hybridized carbons (Fsp3) is 0.667. The Morgan fingerprint density at radius 1 is 1.55 bits per heavy atom. The van der Waals surface area contributed by atoms with Crippen LogP contribution >= 0.6 is 11.3 Å². The van der Waals surface area contributed by atoms with Crippen LogP contribution in [0.15, 0.2) is 12.1 Å². The van der Waals surface area contributed by atoms with E-state index < -0.39 is 0 Å². The number of hydrogen-bond acceptors (Lipinski definition) is 3. The Morgan fingerprint density at radius 2 is 2.30 bits per heavy atom. The van der Waals surface area contributed by atoms with E-state index in [1.807, 2.05) is 6.92 Å². The van der Waals surface area contributed by atoms with Gasteiger partial charge in [0.1, 0.15) is 0 Å². The van der Waals surface area contributed by atoms with Crippen LogP contribution in [-0.4, -0.2) is 35.7 Å². The SMILES string of the molecule is Cc1ccc(C(C)NC(=O)N(C)CC2CCCC2O)s1. The van der Waals surface area contributed by atoms with Crippen LogP contribution in [0, 0.1) is 12.8 Å². The molecule has 0 aliphatic heterocycles. The maximum absolute atomic E-state index is 12.2. The Hall–Kier alpha value is -1.07. The quantitative estimate of drug-likeness (QED) is 0.897. The molecule has 0 aromatic carbocycles. The lowest BCUT2D eigenvalue weighted by Crippen LogP contribution is -2.41. The molecule has 4 nitrogen and oxygen atoms in total. The number of rotatable bonds is 4. The third-order valence-electron chi connectivity index (χ3n) is 4.00. The van der Waals surface area contributed by atoms with Crippen molar-refractivity contribution in [1.82, 2.24) is 10.2 Å². The van der Waals surface area contributed by atoms with Gasteiger partial charge in [-0.3, -0.25) is 0 Å². The Kier molecular flexibility index (Phi) is 5.05. The fourth-order valence-electron chi connectivity index (χ4n) is 2.72. The van der Waals surface area contributed by atoms with Crippen LogP contribution in [0.25, 0.3) is 0 Å². The van der Waals surface area contributed by atoms with Gasteiger partial charge in [0, 0.05) is 29.3 Å². The molecule has 0 saturated heterocycles. The number of urea groups is 1. The highest BCUT2D eigenvalue weighted by Gasteiger charge is 2.27. The smallest absolute Gasteiger partial charge is 0.317 e. The monoisotopic (exact) mass is 296 g/mol. The van der Waals surface area contributed by atoms with Crippen molar-refractivity contribution in [3.05, 3.63) is 21.9 Å². The molecule has 3 unspecified atom stereocenters. The summed E-state index contributed by atoms with van der Waals surface area (Å²) < 4.78 is 0. The summed E-state index contributed by atoms with van der Waals surface area (Å²) in [6.45, 7) is 4.70. The van der Waals surface area contributed by atoms with Gasteiger partial charge in [-0.1, -0.05) is 6.42 Å². The lowest BCUT2D eigenvalue weighted by atomic mass is 10.1. The lowest BCUT2D eigenvalue weighted by Gasteiger charge is -2.25. The van der Waals surface area contributed by atoms with Gasteiger partial charge in [0.25, 0.3) is 0 Å². The molecule has 1 fully saturated rings. The van der Waals surface area contributed by atoms with Gasteiger partial charge < -0.3 is 15.3 Å². The molecule has 0 radical (unpaired) electrons. The molecule has 0 bridgehead atoms. The van der Waals surface area contributed by atoms with Crippen molar-refractivity contribution in [2.75, 3.05) is 13.6 Å². The van der Waals surface area contributed by atoms with Gasteiger partial charge in [-0.2, -0.15) is 0 Å². The summed E-state index contributed by atoms with van der Waals surface area (Å²) in [4.78, 5) is 16.3. The molecule has 1 aromatic rings. The first-order valence-electron chi connectivity index (χ1n) is 7.23. The number of carbonyl (C=O) groups excluding carboxylic acids is 1. The van der Waals surface area contributed by atoms with E-state index in [9.17, 15) is 9.90 Å². The van der Waals surface area contributed by atoms with Crippen molar-refractivity contribution >= 4 is 17.4 Å². The first kappa shape index (κ1) is 15.3. The van der Waals surface area contributed by atoms with E-state index in [0.29, 0.717) is 6.54 Å². The van der Waals surface area contributed by atoms with Gasteiger partial charge >= 0.3 is 6.03 Å². The zero-order valence-electron chi connectivity index (χ0n) is 12.4. The topological polar surface area (TPSA) is 52.6 Å². The second-order valence-corrected chi connectivity index (χ2v) is 7.08.